The van der Waals surface area contributed by atoms with E-state index >= 15 is 0 Å². The largest absolute Gasteiger partial charge is 0.316 e. The zero-order chi connectivity index (χ0) is 11.9. The minimum absolute atomic E-state index is 0.542. The van der Waals surface area contributed by atoms with Gasteiger partial charge in [0.25, 0.3) is 0 Å². The number of fused-ring (bicyclic) bond motifs is 2. The van der Waals surface area contributed by atoms with Gasteiger partial charge in [-0.25, -0.2) is 0 Å². The monoisotopic (exact) mass is 293 g/mol. The molecule has 1 N–H and O–H groups in total. The first-order valence-corrected chi connectivity index (χ1v) is 7.56. The van der Waals surface area contributed by atoms with E-state index in [1.165, 1.54) is 36.7 Å². The highest BCUT2D eigenvalue weighted by molar-refractivity contribution is 9.10. The van der Waals surface area contributed by atoms with E-state index < -0.39 is 0 Å². The van der Waals surface area contributed by atoms with E-state index in [1.54, 1.807) is 11.1 Å². The summed E-state index contributed by atoms with van der Waals surface area (Å²) in [5, 5.41) is 3.58. The summed E-state index contributed by atoms with van der Waals surface area (Å²) in [7, 11) is 0. The number of hydrogen-bond donors (Lipinski definition) is 1. The fourth-order valence-electron chi connectivity index (χ4n) is 3.50. The van der Waals surface area contributed by atoms with E-state index in [-0.39, 0.29) is 0 Å². The van der Waals surface area contributed by atoms with Crippen molar-refractivity contribution in [1.29, 1.82) is 0 Å². The lowest BCUT2D eigenvalue weighted by molar-refractivity contribution is 0.546. The molecule has 1 saturated carbocycles. The van der Waals surface area contributed by atoms with Gasteiger partial charge in [0.15, 0.2) is 0 Å². The Labute approximate surface area is 112 Å². The van der Waals surface area contributed by atoms with Crippen molar-refractivity contribution in [2.45, 2.75) is 38.0 Å². The molecule has 0 bridgehead atoms. The second kappa shape index (κ2) is 4.40. The van der Waals surface area contributed by atoms with Crippen LogP contribution in [-0.2, 0) is 11.8 Å². The third-order valence-electron chi connectivity index (χ3n) is 4.53. The molecule has 0 aromatic heterocycles. The Hall–Kier alpha value is -0.340. The molecular weight excluding hydrogens is 274 g/mol. The lowest BCUT2D eigenvalue weighted by Gasteiger charge is -2.12. The average molecular weight is 294 g/mol. The predicted molar refractivity (Wildman–Crippen MR) is 75.4 cm³/mol. The summed E-state index contributed by atoms with van der Waals surface area (Å²) >= 11 is 3.69. The number of hydrogen-bond acceptors (Lipinski definition) is 1. The number of halogens is 1. The van der Waals surface area contributed by atoms with E-state index in [0.29, 0.717) is 5.41 Å². The lowest BCUT2D eigenvalue weighted by atomic mass is 9.95. The van der Waals surface area contributed by atoms with Crippen molar-refractivity contribution in [3.63, 3.8) is 0 Å². The minimum Gasteiger partial charge on any atom is -0.316 e. The zero-order valence-electron chi connectivity index (χ0n) is 10.4. The Morgan fingerprint density at radius 3 is 3.18 bits per heavy atom. The molecule has 2 unspecified atom stereocenters. The van der Waals surface area contributed by atoms with Crippen LogP contribution in [0.5, 0.6) is 0 Å². The molecule has 2 atom stereocenters. The van der Waals surface area contributed by atoms with Gasteiger partial charge in [0, 0.05) is 9.89 Å². The van der Waals surface area contributed by atoms with Crippen LogP contribution in [0.2, 0.25) is 0 Å². The first-order valence-electron chi connectivity index (χ1n) is 6.76. The SMILES string of the molecule is CCCNCC1CC12CCc1c(Br)cccc12. The van der Waals surface area contributed by atoms with Gasteiger partial charge in [0.05, 0.1) is 0 Å². The number of nitrogens with one attached hydrogen (secondary N) is 1. The molecule has 92 valence electrons. The lowest BCUT2D eigenvalue weighted by Crippen LogP contribution is -2.21. The van der Waals surface area contributed by atoms with E-state index in [1.807, 2.05) is 0 Å². The fourth-order valence-corrected chi connectivity index (χ4v) is 4.06. The van der Waals surface area contributed by atoms with Crippen molar-refractivity contribution in [2.75, 3.05) is 13.1 Å². The maximum Gasteiger partial charge on any atom is 0.0210 e. The first-order chi connectivity index (χ1) is 8.28. The van der Waals surface area contributed by atoms with E-state index in [9.17, 15) is 0 Å². The molecule has 0 saturated heterocycles. The second-order valence-corrected chi connectivity index (χ2v) is 6.38. The normalized spacial score (nSPS) is 29.6. The Morgan fingerprint density at radius 2 is 2.35 bits per heavy atom. The van der Waals surface area contributed by atoms with Crippen molar-refractivity contribution in [3.8, 4) is 0 Å². The van der Waals surface area contributed by atoms with Gasteiger partial charge in [0.2, 0.25) is 0 Å². The molecule has 1 spiro atoms. The van der Waals surface area contributed by atoms with E-state index in [4.69, 9.17) is 0 Å². The third-order valence-corrected chi connectivity index (χ3v) is 5.27. The molecule has 17 heavy (non-hydrogen) atoms. The molecule has 2 aliphatic rings. The Morgan fingerprint density at radius 1 is 1.47 bits per heavy atom. The van der Waals surface area contributed by atoms with Crippen LogP contribution >= 0.6 is 15.9 Å². The van der Waals surface area contributed by atoms with Gasteiger partial charge in [0.1, 0.15) is 0 Å². The Bertz CT molecular complexity index is 429. The molecule has 0 aliphatic heterocycles. The van der Waals surface area contributed by atoms with Crippen LogP contribution in [0.1, 0.15) is 37.3 Å². The van der Waals surface area contributed by atoms with E-state index in [0.717, 1.165) is 12.5 Å². The molecule has 2 aliphatic carbocycles. The Balaban J connectivity index is 1.75. The number of benzene rings is 1. The van der Waals surface area contributed by atoms with Gasteiger partial charge >= 0.3 is 0 Å². The quantitative estimate of drug-likeness (QED) is 0.836. The van der Waals surface area contributed by atoms with Crippen molar-refractivity contribution in [2.24, 2.45) is 5.92 Å². The molecule has 1 fully saturated rings. The summed E-state index contributed by atoms with van der Waals surface area (Å²) in [5.74, 6) is 0.879. The van der Waals surface area contributed by atoms with Gasteiger partial charge in [-0.15, -0.1) is 0 Å². The maximum atomic E-state index is 3.69. The summed E-state index contributed by atoms with van der Waals surface area (Å²) in [4.78, 5) is 0. The molecule has 2 heteroatoms. The summed E-state index contributed by atoms with van der Waals surface area (Å²) in [6.07, 6.45) is 5.26. The van der Waals surface area contributed by atoms with Crippen LogP contribution in [0.4, 0.5) is 0 Å². The van der Waals surface area contributed by atoms with Crippen LogP contribution in [0, 0.1) is 5.92 Å². The highest BCUT2D eigenvalue weighted by Gasteiger charge is 2.57. The summed E-state index contributed by atoms with van der Waals surface area (Å²) < 4.78 is 1.32. The Kier molecular flexibility index (Phi) is 3.04. The number of rotatable bonds is 4. The summed E-state index contributed by atoms with van der Waals surface area (Å²) in [6, 6.07) is 6.74. The molecule has 1 aromatic rings. The maximum absolute atomic E-state index is 3.69. The fraction of sp³-hybridized carbons (Fsp3) is 0.600. The molecule has 1 nitrogen and oxygen atoms in total. The van der Waals surface area contributed by atoms with Gasteiger partial charge in [-0.3, -0.25) is 0 Å². The molecule has 0 heterocycles. The highest BCUT2D eigenvalue weighted by Crippen LogP contribution is 2.61. The highest BCUT2D eigenvalue weighted by atomic mass is 79.9. The van der Waals surface area contributed by atoms with Gasteiger partial charge in [-0.1, -0.05) is 35.0 Å². The topological polar surface area (TPSA) is 12.0 Å². The molecule has 0 amide bonds. The zero-order valence-corrected chi connectivity index (χ0v) is 12.0. The predicted octanol–water partition coefficient (Wildman–Crippen LogP) is 3.65. The van der Waals surface area contributed by atoms with Crippen molar-refractivity contribution < 1.29 is 0 Å². The molecular formula is C15H20BrN. The van der Waals surface area contributed by atoms with Gasteiger partial charge < -0.3 is 5.32 Å². The summed E-state index contributed by atoms with van der Waals surface area (Å²) in [6.45, 7) is 4.61. The van der Waals surface area contributed by atoms with Crippen molar-refractivity contribution >= 4 is 15.9 Å². The van der Waals surface area contributed by atoms with Gasteiger partial charge in [-0.05, 0) is 61.9 Å². The smallest absolute Gasteiger partial charge is 0.0210 e. The molecule has 0 radical (unpaired) electrons. The van der Waals surface area contributed by atoms with Gasteiger partial charge in [-0.2, -0.15) is 0 Å². The van der Waals surface area contributed by atoms with Crippen LogP contribution in [0.15, 0.2) is 22.7 Å². The van der Waals surface area contributed by atoms with Crippen molar-refractivity contribution in [3.05, 3.63) is 33.8 Å². The van der Waals surface area contributed by atoms with Crippen LogP contribution in [0.3, 0.4) is 0 Å². The first kappa shape index (κ1) is 11.7. The summed E-state index contributed by atoms with van der Waals surface area (Å²) in [5.41, 5.74) is 3.75. The molecule has 3 rings (SSSR count). The minimum atomic E-state index is 0.542. The van der Waals surface area contributed by atoms with E-state index in [2.05, 4.69) is 46.4 Å². The van der Waals surface area contributed by atoms with Crippen LogP contribution in [-0.4, -0.2) is 13.1 Å². The second-order valence-electron chi connectivity index (χ2n) is 5.53. The van der Waals surface area contributed by atoms with Crippen molar-refractivity contribution in [1.82, 2.24) is 5.32 Å². The standard InChI is InChI=1S/C15H20BrN/c1-2-8-17-10-11-9-15(11)7-6-12-13(15)4-3-5-14(12)16/h3-5,11,17H,2,6-10H2,1H3. The van der Waals surface area contributed by atoms with Crippen LogP contribution in [0.25, 0.3) is 0 Å². The average Bonchev–Trinajstić information content (AvgIpc) is 2.88. The molecule has 1 aromatic carbocycles. The third kappa shape index (κ3) is 1.86. The van der Waals surface area contributed by atoms with Crippen LogP contribution < -0.4 is 5.32 Å².